The number of nitrogens with one attached hydrogen (secondary N) is 2. The van der Waals surface area contributed by atoms with Crippen LogP contribution in [-0.2, 0) is 17.9 Å². The van der Waals surface area contributed by atoms with Crippen LogP contribution in [0.3, 0.4) is 0 Å². The second kappa shape index (κ2) is 8.22. The van der Waals surface area contributed by atoms with Crippen LogP contribution < -0.4 is 10.6 Å². The molecular weight excluding hydrogens is 260 g/mol. The predicted molar refractivity (Wildman–Crippen MR) is 85.6 cm³/mol. The van der Waals surface area contributed by atoms with Gasteiger partial charge in [-0.05, 0) is 11.1 Å². The number of carbonyl (C=O) groups excluding carboxylic acids is 1. The molecule has 0 aliphatic carbocycles. The highest BCUT2D eigenvalue weighted by atomic mass is 16.1. The van der Waals surface area contributed by atoms with Crippen molar-refractivity contribution in [2.75, 3.05) is 6.54 Å². The normalized spacial score (nSPS) is 11.9. The Hall–Kier alpha value is -2.13. The van der Waals surface area contributed by atoms with Crippen molar-refractivity contribution < 1.29 is 4.79 Å². The topological polar surface area (TPSA) is 41.1 Å². The van der Waals surface area contributed by atoms with Crippen molar-refractivity contribution in [3.05, 3.63) is 71.8 Å². The summed E-state index contributed by atoms with van der Waals surface area (Å²) in [7, 11) is 0. The molecule has 2 N–H and O–H groups in total. The fraction of sp³-hybridized carbons (Fsp3) is 0.278. The van der Waals surface area contributed by atoms with Gasteiger partial charge >= 0.3 is 0 Å². The van der Waals surface area contributed by atoms with Gasteiger partial charge in [0.1, 0.15) is 0 Å². The smallest absolute Gasteiger partial charge is 0.224 e. The Morgan fingerprint density at radius 3 is 2.00 bits per heavy atom. The first-order valence-electron chi connectivity index (χ1n) is 7.32. The van der Waals surface area contributed by atoms with Crippen molar-refractivity contribution in [3.63, 3.8) is 0 Å². The van der Waals surface area contributed by atoms with E-state index in [2.05, 4.69) is 22.8 Å². The number of amides is 1. The molecule has 0 fully saturated rings. The van der Waals surface area contributed by atoms with Gasteiger partial charge in [0, 0.05) is 25.6 Å². The third kappa shape index (κ3) is 5.40. The van der Waals surface area contributed by atoms with E-state index in [1.807, 2.05) is 55.5 Å². The first-order valence-corrected chi connectivity index (χ1v) is 7.32. The maximum atomic E-state index is 12.0. The Bertz CT molecular complexity index is 540. The molecule has 21 heavy (non-hydrogen) atoms. The first kappa shape index (κ1) is 15.3. The second-order valence-corrected chi connectivity index (χ2v) is 5.22. The quantitative estimate of drug-likeness (QED) is 0.820. The minimum atomic E-state index is -0.0441. The molecule has 0 aliphatic heterocycles. The molecule has 0 aromatic heterocycles. The Balaban J connectivity index is 1.68. The molecule has 0 saturated carbocycles. The summed E-state index contributed by atoms with van der Waals surface area (Å²) < 4.78 is 0. The predicted octanol–water partition coefficient (Wildman–Crippen LogP) is 2.73. The van der Waals surface area contributed by atoms with E-state index < -0.39 is 0 Å². The van der Waals surface area contributed by atoms with Crippen molar-refractivity contribution in [2.45, 2.75) is 20.0 Å². The molecule has 0 aliphatic rings. The summed E-state index contributed by atoms with van der Waals surface area (Å²) in [6.07, 6.45) is 0. The highest BCUT2D eigenvalue weighted by molar-refractivity contribution is 5.78. The molecule has 0 saturated heterocycles. The van der Waals surface area contributed by atoms with Crippen LogP contribution in [0, 0.1) is 5.92 Å². The third-order valence-corrected chi connectivity index (χ3v) is 3.38. The Labute approximate surface area is 126 Å². The van der Waals surface area contributed by atoms with Gasteiger partial charge in [-0.1, -0.05) is 67.6 Å². The number of hydrogen-bond donors (Lipinski definition) is 2. The van der Waals surface area contributed by atoms with E-state index in [0.29, 0.717) is 13.1 Å². The second-order valence-electron chi connectivity index (χ2n) is 5.22. The van der Waals surface area contributed by atoms with Gasteiger partial charge in [0.2, 0.25) is 5.91 Å². The van der Waals surface area contributed by atoms with E-state index in [-0.39, 0.29) is 11.8 Å². The molecule has 3 heteroatoms. The fourth-order valence-corrected chi connectivity index (χ4v) is 2.08. The number of benzene rings is 2. The molecule has 0 heterocycles. The average molecular weight is 282 g/mol. The zero-order valence-electron chi connectivity index (χ0n) is 12.4. The molecule has 1 atom stereocenters. The lowest BCUT2D eigenvalue weighted by Gasteiger charge is -2.13. The maximum absolute atomic E-state index is 12.0. The minimum Gasteiger partial charge on any atom is -0.352 e. The van der Waals surface area contributed by atoms with Gasteiger partial charge in [-0.25, -0.2) is 0 Å². The van der Waals surface area contributed by atoms with Crippen LogP contribution in [0.2, 0.25) is 0 Å². The Morgan fingerprint density at radius 2 is 1.43 bits per heavy atom. The lowest BCUT2D eigenvalue weighted by molar-refractivity contribution is -0.124. The van der Waals surface area contributed by atoms with E-state index in [4.69, 9.17) is 0 Å². The van der Waals surface area contributed by atoms with Gasteiger partial charge in [0.15, 0.2) is 0 Å². The molecule has 0 bridgehead atoms. The van der Waals surface area contributed by atoms with Crippen molar-refractivity contribution >= 4 is 5.91 Å². The van der Waals surface area contributed by atoms with Crippen LogP contribution in [0.1, 0.15) is 18.1 Å². The van der Waals surface area contributed by atoms with Crippen LogP contribution >= 0.6 is 0 Å². The first-order chi connectivity index (χ1) is 10.3. The number of rotatable bonds is 7. The molecule has 2 aromatic carbocycles. The highest BCUT2D eigenvalue weighted by Crippen LogP contribution is 2.01. The Kier molecular flexibility index (Phi) is 5.98. The van der Waals surface area contributed by atoms with Gasteiger partial charge in [-0.2, -0.15) is 0 Å². The largest absolute Gasteiger partial charge is 0.352 e. The molecule has 0 radical (unpaired) electrons. The van der Waals surface area contributed by atoms with E-state index >= 15 is 0 Å². The fourth-order valence-electron chi connectivity index (χ4n) is 2.08. The van der Waals surface area contributed by atoms with Gasteiger partial charge in [0.25, 0.3) is 0 Å². The maximum Gasteiger partial charge on any atom is 0.224 e. The summed E-state index contributed by atoms with van der Waals surface area (Å²) in [4.78, 5) is 12.0. The lowest BCUT2D eigenvalue weighted by Crippen LogP contribution is -2.34. The standard InChI is InChI=1S/C18H22N2O/c1-15(12-19-13-16-8-4-2-5-9-16)18(21)20-14-17-10-6-3-7-11-17/h2-11,15,19H,12-14H2,1H3,(H,20,21)/t15-/m1/s1. The van der Waals surface area contributed by atoms with Crippen molar-refractivity contribution in [1.29, 1.82) is 0 Å². The molecular formula is C18H22N2O. The molecule has 2 rings (SSSR count). The molecule has 1 amide bonds. The van der Waals surface area contributed by atoms with Crippen LogP contribution in [0.25, 0.3) is 0 Å². The molecule has 0 unspecified atom stereocenters. The van der Waals surface area contributed by atoms with Gasteiger partial charge < -0.3 is 10.6 Å². The van der Waals surface area contributed by atoms with Crippen molar-refractivity contribution in [2.24, 2.45) is 5.92 Å². The van der Waals surface area contributed by atoms with Gasteiger partial charge in [-0.15, -0.1) is 0 Å². The van der Waals surface area contributed by atoms with E-state index in [9.17, 15) is 4.79 Å². The van der Waals surface area contributed by atoms with Crippen LogP contribution in [-0.4, -0.2) is 12.5 Å². The van der Waals surface area contributed by atoms with Crippen molar-refractivity contribution in [3.8, 4) is 0 Å². The minimum absolute atomic E-state index is 0.0441. The summed E-state index contributed by atoms with van der Waals surface area (Å²) >= 11 is 0. The summed E-state index contributed by atoms with van der Waals surface area (Å²) in [6.45, 7) is 3.99. The molecule has 3 nitrogen and oxygen atoms in total. The van der Waals surface area contributed by atoms with Crippen LogP contribution in [0.4, 0.5) is 0 Å². The monoisotopic (exact) mass is 282 g/mol. The van der Waals surface area contributed by atoms with Crippen molar-refractivity contribution in [1.82, 2.24) is 10.6 Å². The van der Waals surface area contributed by atoms with Gasteiger partial charge in [0.05, 0.1) is 0 Å². The Morgan fingerprint density at radius 1 is 0.905 bits per heavy atom. The molecule has 2 aromatic rings. The van der Waals surface area contributed by atoms with E-state index in [1.54, 1.807) is 0 Å². The van der Waals surface area contributed by atoms with Crippen LogP contribution in [0.15, 0.2) is 60.7 Å². The van der Waals surface area contributed by atoms with E-state index in [1.165, 1.54) is 5.56 Å². The molecule has 0 spiro atoms. The van der Waals surface area contributed by atoms with E-state index in [0.717, 1.165) is 12.1 Å². The zero-order valence-corrected chi connectivity index (χ0v) is 12.4. The number of hydrogen-bond acceptors (Lipinski definition) is 2. The third-order valence-electron chi connectivity index (χ3n) is 3.38. The number of carbonyl (C=O) groups is 1. The highest BCUT2D eigenvalue weighted by Gasteiger charge is 2.11. The summed E-state index contributed by atoms with van der Waals surface area (Å²) in [6, 6.07) is 20.2. The zero-order chi connectivity index (χ0) is 14.9. The SMILES string of the molecule is C[C@H](CNCc1ccccc1)C(=O)NCc1ccccc1. The lowest BCUT2D eigenvalue weighted by atomic mass is 10.1. The molecule has 110 valence electrons. The average Bonchev–Trinajstić information content (AvgIpc) is 2.54. The summed E-state index contributed by atoms with van der Waals surface area (Å²) in [5.74, 6) is 0.0387. The van der Waals surface area contributed by atoms with Gasteiger partial charge in [-0.3, -0.25) is 4.79 Å². The summed E-state index contributed by atoms with van der Waals surface area (Å²) in [5.41, 5.74) is 2.35. The summed E-state index contributed by atoms with van der Waals surface area (Å²) in [5, 5.41) is 6.29. The van der Waals surface area contributed by atoms with Crippen LogP contribution in [0.5, 0.6) is 0 Å².